The summed E-state index contributed by atoms with van der Waals surface area (Å²) in [6.07, 6.45) is 3.16. The number of piperidine rings is 2. The zero-order valence-electron chi connectivity index (χ0n) is 22.7. The molecule has 2 aromatic rings. The standard InChI is InChI=1S/C30H33N5O6/c31-27(37)19-1-3-20(4-2-19)34-12-9-18(16-34)17-41-22-10-13-33(14-11-22)21-5-6-23-24(15-21)30(40)35(29(23)39)25-7-8-26(36)32-28(25)38/h1-6,15,18,22,25H,7-14,16-17H2,(H2,31,37)(H,32,36,38). The van der Waals surface area contributed by atoms with Gasteiger partial charge in [-0.15, -0.1) is 0 Å². The van der Waals surface area contributed by atoms with Crippen LogP contribution in [0.25, 0.3) is 0 Å². The molecule has 3 fully saturated rings. The number of ether oxygens (including phenoxy) is 1. The molecule has 41 heavy (non-hydrogen) atoms. The molecule has 2 atom stereocenters. The number of amides is 5. The van der Waals surface area contributed by atoms with Gasteiger partial charge in [-0.1, -0.05) is 0 Å². The highest BCUT2D eigenvalue weighted by Gasteiger charge is 2.44. The van der Waals surface area contributed by atoms with Crippen LogP contribution < -0.4 is 20.9 Å². The maximum atomic E-state index is 13.2. The molecule has 0 aromatic heterocycles. The molecule has 3 saturated heterocycles. The minimum atomic E-state index is -0.967. The largest absolute Gasteiger partial charge is 0.378 e. The Morgan fingerprint density at radius 3 is 2.24 bits per heavy atom. The molecule has 0 bridgehead atoms. The van der Waals surface area contributed by atoms with Crippen molar-refractivity contribution < 1.29 is 28.7 Å². The molecule has 0 radical (unpaired) electrons. The van der Waals surface area contributed by atoms with Crippen molar-refractivity contribution in [2.75, 3.05) is 42.6 Å². The third-order valence-corrected chi connectivity index (χ3v) is 8.60. The fourth-order valence-electron chi connectivity index (χ4n) is 6.25. The number of hydrogen-bond acceptors (Lipinski definition) is 8. The van der Waals surface area contributed by atoms with Gasteiger partial charge >= 0.3 is 0 Å². The summed E-state index contributed by atoms with van der Waals surface area (Å²) in [7, 11) is 0. The third kappa shape index (κ3) is 5.29. The van der Waals surface area contributed by atoms with Crippen LogP contribution in [-0.2, 0) is 14.3 Å². The maximum absolute atomic E-state index is 13.2. The monoisotopic (exact) mass is 559 g/mol. The quantitative estimate of drug-likeness (QED) is 0.488. The lowest BCUT2D eigenvalue weighted by Gasteiger charge is -2.34. The highest BCUT2D eigenvalue weighted by atomic mass is 16.5. The number of nitrogens with two attached hydrogens (primary N) is 1. The second-order valence-electron chi connectivity index (χ2n) is 11.2. The van der Waals surface area contributed by atoms with Crippen LogP contribution in [0.15, 0.2) is 42.5 Å². The van der Waals surface area contributed by atoms with Gasteiger partial charge in [-0.05, 0) is 68.1 Å². The Bertz CT molecular complexity index is 1400. The highest BCUT2D eigenvalue weighted by Crippen LogP contribution is 2.32. The Morgan fingerprint density at radius 2 is 1.54 bits per heavy atom. The fraction of sp³-hybridized carbons (Fsp3) is 0.433. The molecule has 214 valence electrons. The first-order valence-corrected chi connectivity index (χ1v) is 14.2. The smallest absolute Gasteiger partial charge is 0.262 e. The van der Waals surface area contributed by atoms with E-state index in [1.165, 1.54) is 0 Å². The van der Waals surface area contributed by atoms with Crippen LogP contribution >= 0.6 is 0 Å². The number of benzene rings is 2. The van der Waals surface area contributed by atoms with Crippen LogP contribution in [0.3, 0.4) is 0 Å². The molecule has 4 heterocycles. The number of nitrogens with zero attached hydrogens (tertiary/aromatic N) is 3. The predicted molar refractivity (Wildman–Crippen MR) is 150 cm³/mol. The van der Waals surface area contributed by atoms with Crippen LogP contribution in [0.4, 0.5) is 11.4 Å². The van der Waals surface area contributed by atoms with E-state index in [-0.39, 0.29) is 24.5 Å². The molecular weight excluding hydrogens is 526 g/mol. The van der Waals surface area contributed by atoms with Crippen molar-refractivity contribution in [1.29, 1.82) is 0 Å². The van der Waals surface area contributed by atoms with E-state index in [0.29, 0.717) is 23.7 Å². The van der Waals surface area contributed by atoms with Crippen molar-refractivity contribution in [2.24, 2.45) is 11.7 Å². The summed E-state index contributed by atoms with van der Waals surface area (Å²) < 4.78 is 6.31. The van der Waals surface area contributed by atoms with Gasteiger partial charge in [0.25, 0.3) is 11.8 Å². The second-order valence-corrected chi connectivity index (χ2v) is 11.2. The van der Waals surface area contributed by atoms with Crippen molar-refractivity contribution in [3.8, 4) is 0 Å². The van der Waals surface area contributed by atoms with Crippen LogP contribution in [0, 0.1) is 5.92 Å². The van der Waals surface area contributed by atoms with Gasteiger partial charge < -0.3 is 20.3 Å². The number of primary amides is 1. The average Bonchev–Trinajstić information content (AvgIpc) is 3.55. The Kier molecular flexibility index (Phi) is 7.21. The van der Waals surface area contributed by atoms with Gasteiger partial charge in [0.1, 0.15) is 6.04 Å². The summed E-state index contributed by atoms with van der Waals surface area (Å²) in [5.74, 6) is -1.97. The number of anilines is 2. The van der Waals surface area contributed by atoms with Crippen molar-refractivity contribution in [3.63, 3.8) is 0 Å². The Balaban J connectivity index is 1.00. The first-order valence-electron chi connectivity index (χ1n) is 14.2. The van der Waals surface area contributed by atoms with Crippen molar-refractivity contribution in [2.45, 2.75) is 44.2 Å². The molecule has 2 unspecified atom stereocenters. The lowest BCUT2D eigenvalue weighted by molar-refractivity contribution is -0.136. The number of hydrogen-bond donors (Lipinski definition) is 2. The predicted octanol–water partition coefficient (Wildman–Crippen LogP) is 1.70. The van der Waals surface area contributed by atoms with E-state index in [9.17, 15) is 24.0 Å². The van der Waals surface area contributed by atoms with Crippen molar-refractivity contribution >= 4 is 40.9 Å². The number of carbonyl (C=O) groups is 5. The summed E-state index contributed by atoms with van der Waals surface area (Å²) >= 11 is 0. The maximum Gasteiger partial charge on any atom is 0.262 e. The Hall–Kier alpha value is -4.25. The van der Waals surface area contributed by atoms with E-state index in [0.717, 1.165) is 61.7 Å². The van der Waals surface area contributed by atoms with E-state index in [2.05, 4.69) is 15.1 Å². The average molecular weight is 560 g/mol. The minimum absolute atomic E-state index is 0.0945. The summed E-state index contributed by atoms with van der Waals surface area (Å²) in [5, 5.41) is 2.22. The molecule has 2 aromatic carbocycles. The van der Waals surface area contributed by atoms with Gasteiger partial charge in [0.05, 0.1) is 23.8 Å². The fourth-order valence-corrected chi connectivity index (χ4v) is 6.25. The zero-order valence-corrected chi connectivity index (χ0v) is 22.7. The number of nitrogens with one attached hydrogen (secondary N) is 1. The van der Waals surface area contributed by atoms with E-state index in [1.807, 2.05) is 18.2 Å². The summed E-state index contributed by atoms with van der Waals surface area (Å²) in [6.45, 7) is 4.10. The van der Waals surface area contributed by atoms with Gasteiger partial charge in [-0.25, -0.2) is 0 Å². The molecule has 11 nitrogen and oxygen atoms in total. The summed E-state index contributed by atoms with van der Waals surface area (Å²) in [4.78, 5) is 66.8. The lowest BCUT2D eigenvalue weighted by Crippen LogP contribution is -2.54. The Labute approximate surface area is 237 Å². The number of imide groups is 2. The molecule has 6 rings (SSSR count). The molecule has 0 spiro atoms. The normalized spacial score (nSPS) is 23.3. The molecular formula is C30H33N5O6. The minimum Gasteiger partial charge on any atom is -0.378 e. The van der Waals surface area contributed by atoms with Gasteiger partial charge in [0, 0.05) is 55.5 Å². The molecule has 4 aliphatic heterocycles. The third-order valence-electron chi connectivity index (χ3n) is 8.60. The van der Waals surface area contributed by atoms with Gasteiger partial charge in [0.15, 0.2) is 0 Å². The van der Waals surface area contributed by atoms with E-state index in [1.54, 1.807) is 24.3 Å². The molecule has 11 heteroatoms. The van der Waals surface area contributed by atoms with Crippen molar-refractivity contribution in [1.82, 2.24) is 10.2 Å². The zero-order chi connectivity index (χ0) is 28.7. The number of rotatable bonds is 7. The molecule has 3 N–H and O–H groups in total. The highest BCUT2D eigenvalue weighted by molar-refractivity contribution is 6.23. The van der Waals surface area contributed by atoms with Crippen LogP contribution in [0.1, 0.15) is 63.2 Å². The summed E-state index contributed by atoms with van der Waals surface area (Å²) in [6, 6.07) is 11.7. The molecule has 4 aliphatic rings. The second kappa shape index (κ2) is 11.0. The topological polar surface area (TPSA) is 142 Å². The number of carbonyl (C=O) groups excluding carboxylic acids is 5. The van der Waals surface area contributed by atoms with E-state index < -0.39 is 35.6 Å². The van der Waals surface area contributed by atoms with E-state index in [4.69, 9.17) is 10.5 Å². The van der Waals surface area contributed by atoms with Crippen LogP contribution in [0.5, 0.6) is 0 Å². The first kappa shape index (κ1) is 26.9. The molecule has 5 amide bonds. The van der Waals surface area contributed by atoms with Crippen molar-refractivity contribution in [3.05, 3.63) is 59.2 Å². The van der Waals surface area contributed by atoms with Crippen LogP contribution in [-0.4, -0.2) is 79.4 Å². The lowest BCUT2D eigenvalue weighted by atomic mass is 10.0. The van der Waals surface area contributed by atoms with Gasteiger partial charge in [0.2, 0.25) is 17.7 Å². The number of fused-ring (bicyclic) bond motifs is 1. The van der Waals surface area contributed by atoms with Crippen LogP contribution in [0.2, 0.25) is 0 Å². The Morgan fingerprint density at radius 1 is 0.854 bits per heavy atom. The SMILES string of the molecule is NC(=O)c1ccc(N2CCC(COC3CCN(c4ccc5c(c4)C(=O)N(C4CCC(=O)NC4=O)C5=O)CC3)C2)cc1. The molecule has 0 saturated carbocycles. The van der Waals surface area contributed by atoms with Gasteiger partial charge in [-0.2, -0.15) is 0 Å². The summed E-state index contributed by atoms with van der Waals surface area (Å²) in [5.41, 5.74) is 8.38. The van der Waals surface area contributed by atoms with Gasteiger partial charge in [-0.3, -0.25) is 34.2 Å². The van der Waals surface area contributed by atoms with E-state index >= 15 is 0 Å². The first-order chi connectivity index (χ1) is 19.8. The molecule has 0 aliphatic carbocycles.